The molecule has 166 valence electrons. The summed E-state index contributed by atoms with van der Waals surface area (Å²) in [5, 5.41) is 11.3. The average Bonchev–Trinajstić information content (AvgIpc) is 2.80. The molecule has 2 aliphatic heterocycles. The molecule has 2 aliphatic rings. The second-order valence-corrected chi connectivity index (χ2v) is 9.46. The normalized spacial score (nSPS) is 18.8. The number of hydrogen-bond acceptors (Lipinski definition) is 8. The number of nitro benzene ring substituents is 1. The topological polar surface area (TPSA) is 109 Å². The first-order chi connectivity index (χ1) is 14.9. The van der Waals surface area contributed by atoms with Gasteiger partial charge in [0.05, 0.1) is 23.8 Å². The van der Waals surface area contributed by atoms with Crippen molar-refractivity contribution < 1.29 is 18.1 Å². The standard InChI is InChI=1S/C20H25N5O5S/c26-25(27)18-3-4-19(20(14-18)31(28,29)24-10-12-30-13-11-24)23-8-6-22(7-9-23)16-17-2-1-5-21-15-17/h1-5,14-15H,6-13,16H2. The van der Waals surface area contributed by atoms with E-state index in [1.54, 1.807) is 12.3 Å². The third kappa shape index (κ3) is 4.85. The molecule has 0 bridgehead atoms. The summed E-state index contributed by atoms with van der Waals surface area (Å²) in [6.07, 6.45) is 3.59. The molecule has 0 N–H and O–H groups in total. The summed E-state index contributed by atoms with van der Waals surface area (Å²) >= 11 is 0. The van der Waals surface area contributed by atoms with Crippen LogP contribution < -0.4 is 4.90 Å². The molecule has 0 unspecified atom stereocenters. The minimum Gasteiger partial charge on any atom is -0.379 e. The van der Waals surface area contributed by atoms with Gasteiger partial charge in [0.25, 0.3) is 5.69 Å². The number of rotatable bonds is 6. The Hall–Kier alpha value is -2.60. The quantitative estimate of drug-likeness (QED) is 0.482. The van der Waals surface area contributed by atoms with E-state index >= 15 is 0 Å². The van der Waals surface area contributed by atoms with E-state index in [2.05, 4.69) is 9.88 Å². The van der Waals surface area contributed by atoms with Crippen LogP contribution >= 0.6 is 0 Å². The molecule has 0 amide bonds. The Morgan fingerprint density at radius 1 is 1.06 bits per heavy atom. The number of anilines is 1. The van der Waals surface area contributed by atoms with Gasteiger partial charge in [0.1, 0.15) is 4.90 Å². The minimum atomic E-state index is -3.87. The monoisotopic (exact) mass is 447 g/mol. The summed E-state index contributed by atoms with van der Waals surface area (Å²) in [5.41, 5.74) is 1.41. The molecule has 0 spiro atoms. The number of nitrogens with zero attached hydrogens (tertiary/aromatic N) is 5. The highest BCUT2D eigenvalue weighted by Crippen LogP contribution is 2.32. The van der Waals surface area contributed by atoms with Gasteiger partial charge in [-0.3, -0.25) is 20.0 Å². The van der Waals surface area contributed by atoms with E-state index in [1.165, 1.54) is 16.4 Å². The Morgan fingerprint density at radius 3 is 2.45 bits per heavy atom. The van der Waals surface area contributed by atoms with Crippen LogP contribution in [-0.4, -0.2) is 80.0 Å². The lowest BCUT2D eigenvalue weighted by Crippen LogP contribution is -2.47. The van der Waals surface area contributed by atoms with Crippen LogP contribution in [0.5, 0.6) is 0 Å². The summed E-state index contributed by atoms with van der Waals surface area (Å²) in [7, 11) is -3.87. The van der Waals surface area contributed by atoms with E-state index in [-0.39, 0.29) is 23.7 Å². The molecule has 1 aromatic carbocycles. The van der Waals surface area contributed by atoms with Crippen molar-refractivity contribution >= 4 is 21.4 Å². The summed E-state index contributed by atoms with van der Waals surface area (Å²) in [6, 6.07) is 8.05. The number of piperazine rings is 1. The second kappa shape index (κ2) is 9.27. The van der Waals surface area contributed by atoms with Gasteiger partial charge in [-0.15, -0.1) is 0 Å². The number of nitro groups is 1. The molecule has 2 aromatic rings. The third-order valence-corrected chi connectivity index (χ3v) is 7.51. The molecule has 0 saturated carbocycles. The van der Waals surface area contributed by atoms with Crippen molar-refractivity contribution in [3.05, 3.63) is 58.4 Å². The molecule has 0 atom stereocenters. The first-order valence-electron chi connectivity index (χ1n) is 10.2. The van der Waals surface area contributed by atoms with Crippen molar-refractivity contribution in [3.63, 3.8) is 0 Å². The number of sulfonamides is 1. The van der Waals surface area contributed by atoms with Gasteiger partial charge in [0.2, 0.25) is 10.0 Å². The van der Waals surface area contributed by atoms with Crippen LogP contribution in [-0.2, 0) is 21.3 Å². The van der Waals surface area contributed by atoms with Gasteiger partial charge in [0, 0.05) is 70.3 Å². The molecule has 4 rings (SSSR count). The number of pyridine rings is 1. The van der Waals surface area contributed by atoms with Crippen molar-refractivity contribution in [2.24, 2.45) is 0 Å². The number of aromatic nitrogens is 1. The first-order valence-corrected chi connectivity index (χ1v) is 11.6. The summed E-state index contributed by atoms with van der Waals surface area (Å²) in [6.45, 7) is 4.65. The molecule has 0 radical (unpaired) electrons. The summed E-state index contributed by atoms with van der Waals surface area (Å²) in [5.74, 6) is 0. The third-order valence-electron chi connectivity index (χ3n) is 5.58. The lowest BCUT2D eigenvalue weighted by Gasteiger charge is -2.37. The van der Waals surface area contributed by atoms with E-state index in [0.29, 0.717) is 32.0 Å². The van der Waals surface area contributed by atoms with Gasteiger partial charge in [-0.2, -0.15) is 4.31 Å². The molecule has 2 fully saturated rings. The zero-order valence-corrected chi connectivity index (χ0v) is 17.9. The highest BCUT2D eigenvalue weighted by Gasteiger charge is 2.32. The Balaban J connectivity index is 1.56. The Kier molecular flexibility index (Phi) is 6.46. The number of non-ortho nitro benzene ring substituents is 1. The first kappa shape index (κ1) is 21.6. The highest BCUT2D eigenvalue weighted by atomic mass is 32.2. The summed E-state index contributed by atoms with van der Waals surface area (Å²) < 4.78 is 33.3. The van der Waals surface area contributed by atoms with Crippen molar-refractivity contribution in [2.75, 3.05) is 57.4 Å². The van der Waals surface area contributed by atoms with Crippen LogP contribution in [0.4, 0.5) is 11.4 Å². The fraction of sp³-hybridized carbons (Fsp3) is 0.450. The van der Waals surface area contributed by atoms with Gasteiger partial charge in [-0.25, -0.2) is 8.42 Å². The molecule has 1 aromatic heterocycles. The SMILES string of the molecule is O=[N+]([O-])c1ccc(N2CCN(Cc3cccnc3)CC2)c(S(=O)(=O)N2CCOCC2)c1. The van der Waals surface area contributed by atoms with Gasteiger partial charge >= 0.3 is 0 Å². The maximum Gasteiger partial charge on any atom is 0.270 e. The van der Waals surface area contributed by atoms with E-state index < -0.39 is 14.9 Å². The smallest absolute Gasteiger partial charge is 0.270 e. The zero-order valence-electron chi connectivity index (χ0n) is 17.1. The van der Waals surface area contributed by atoms with Crippen LogP contribution in [0, 0.1) is 10.1 Å². The molecule has 2 saturated heterocycles. The van der Waals surface area contributed by atoms with E-state index in [0.717, 1.165) is 25.2 Å². The number of ether oxygens (including phenoxy) is 1. The van der Waals surface area contributed by atoms with Gasteiger partial charge in [0.15, 0.2) is 0 Å². The Morgan fingerprint density at radius 2 is 1.81 bits per heavy atom. The predicted octanol–water partition coefficient (Wildman–Crippen LogP) is 1.33. The summed E-state index contributed by atoms with van der Waals surface area (Å²) in [4.78, 5) is 19.2. The van der Waals surface area contributed by atoms with Crippen LogP contribution in [0.15, 0.2) is 47.6 Å². The minimum absolute atomic E-state index is 0.00990. The average molecular weight is 448 g/mol. The molecule has 10 nitrogen and oxygen atoms in total. The highest BCUT2D eigenvalue weighted by molar-refractivity contribution is 7.89. The molecule has 11 heteroatoms. The lowest BCUT2D eigenvalue weighted by molar-refractivity contribution is -0.385. The largest absolute Gasteiger partial charge is 0.379 e. The molecule has 0 aliphatic carbocycles. The number of hydrogen-bond donors (Lipinski definition) is 0. The zero-order chi connectivity index (χ0) is 21.8. The predicted molar refractivity (Wildman–Crippen MR) is 114 cm³/mol. The van der Waals surface area contributed by atoms with Crippen LogP contribution in [0.25, 0.3) is 0 Å². The fourth-order valence-corrected chi connectivity index (χ4v) is 5.55. The van der Waals surface area contributed by atoms with Crippen molar-refractivity contribution in [1.29, 1.82) is 0 Å². The van der Waals surface area contributed by atoms with Crippen molar-refractivity contribution in [2.45, 2.75) is 11.4 Å². The van der Waals surface area contributed by atoms with Gasteiger partial charge in [-0.1, -0.05) is 6.07 Å². The van der Waals surface area contributed by atoms with E-state index in [9.17, 15) is 18.5 Å². The molecular weight excluding hydrogens is 422 g/mol. The van der Waals surface area contributed by atoms with Crippen molar-refractivity contribution in [3.8, 4) is 0 Å². The fourth-order valence-electron chi connectivity index (χ4n) is 3.91. The van der Waals surface area contributed by atoms with Gasteiger partial charge < -0.3 is 9.64 Å². The molecular formula is C20H25N5O5S. The Bertz CT molecular complexity index is 1020. The van der Waals surface area contributed by atoms with Gasteiger partial charge in [-0.05, 0) is 17.7 Å². The molecule has 31 heavy (non-hydrogen) atoms. The maximum absolute atomic E-state index is 13.3. The van der Waals surface area contributed by atoms with Crippen LogP contribution in [0.3, 0.4) is 0 Å². The second-order valence-electron chi connectivity index (χ2n) is 7.55. The van der Waals surface area contributed by atoms with Crippen LogP contribution in [0.2, 0.25) is 0 Å². The number of benzene rings is 1. The van der Waals surface area contributed by atoms with Crippen LogP contribution in [0.1, 0.15) is 5.56 Å². The lowest BCUT2D eigenvalue weighted by atomic mass is 10.2. The number of morpholine rings is 1. The Labute approximate surface area is 181 Å². The molecule has 3 heterocycles. The van der Waals surface area contributed by atoms with E-state index in [4.69, 9.17) is 4.74 Å². The van der Waals surface area contributed by atoms with E-state index in [1.807, 2.05) is 23.2 Å². The van der Waals surface area contributed by atoms with Crippen molar-refractivity contribution in [1.82, 2.24) is 14.2 Å². The maximum atomic E-state index is 13.3.